The highest BCUT2D eigenvalue weighted by Gasteiger charge is 2.16. The molecule has 0 fully saturated rings. The van der Waals surface area contributed by atoms with Crippen LogP contribution in [0.15, 0.2) is 59.8 Å². The van der Waals surface area contributed by atoms with Gasteiger partial charge in [0.25, 0.3) is 0 Å². The fourth-order valence-electron chi connectivity index (χ4n) is 2.50. The average molecular weight is 387 g/mol. The summed E-state index contributed by atoms with van der Waals surface area (Å²) in [6, 6.07) is 17.4. The number of aromatic nitrogens is 3. The smallest absolute Gasteiger partial charge is 0.233 e. The summed E-state index contributed by atoms with van der Waals surface area (Å²) in [4.78, 5) is 14.1. The fraction of sp³-hybridized carbons (Fsp3) is 0.211. The number of hydrogen-bond donors (Lipinski definition) is 0. The van der Waals surface area contributed by atoms with Crippen LogP contribution >= 0.6 is 23.4 Å². The molecule has 0 aliphatic rings. The summed E-state index contributed by atoms with van der Waals surface area (Å²) in [5.74, 6) is 1.03. The Hall–Kier alpha value is -2.31. The third-order valence-corrected chi connectivity index (χ3v) is 5.30. The van der Waals surface area contributed by atoms with E-state index < -0.39 is 0 Å². The van der Waals surface area contributed by atoms with Crippen LogP contribution in [0.3, 0.4) is 0 Å². The Morgan fingerprint density at radius 1 is 1.12 bits per heavy atom. The Bertz CT molecular complexity index is 898. The summed E-state index contributed by atoms with van der Waals surface area (Å²) in [7, 11) is 3.68. The Morgan fingerprint density at radius 2 is 1.81 bits per heavy atom. The molecule has 7 heteroatoms. The van der Waals surface area contributed by atoms with Crippen molar-refractivity contribution in [3.05, 3.63) is 65.2 Å². The van der Waals surface area contributed by atoms with Crippen LogP contribution in [0.4, 0.5) is 0 Å². The largest absolute Gasteiger partial charge is 0.341 e. The number of thioether (sulfide) groups is 1. The molecule has 0 aliphatic heterocycles. The Morgan fingerprint density at radius 3 is 2.54 bits per heavy atom. The predicted octanol–water partition coefficient (Wildman–Crippen LogP) is 3.89. The van der Waals surface area contributed by atoms with Crippen LogP contribution in [-0.2, 0) is 18.4 Å². The van der Waals surface area contributed by atoms with E-state index in [1.807, 2.05) is 73.3 Å². The molecule has 2 aromatic carbocycles. The molecule has 1 aromatic heterocycles. The highest BCUT2D eigenvalue weighted by molar-refractivity contribution is 7.99. The second-order valence-corrected chi connectivity index (χ2v) is 7.22. The maximum absolute atomic E-state index is 12.4. The van der Waals surface area contributed by atoms with E-state index >= 15 is 0 Å². The lowest BCUT2D eigenvalue weighted by Crippen LogP contribution is -2.27. The van der Waals surface area contributed by atoms with Gasteiger partial charge in [-0.25, -0.2) is 0 Å². The summed E-state index contributed by atoms with van der Waals surface area (Å²) in [6.07, 6.45) is 0. The van der Waals surface area contributed by atoms with E-state index in [1.54, 1.807) is 4.90 Å². The zero-order valence-corrected chi connectivity index (χ0v) is 16.2. The standard InChI is InChI=1S/C19H19ClN4OS/c1-23(12-14-8-4-3-5-9-14)17(25)13-26-19-22-21-18(24(19)2)15-10-6-7-11-16(15)20/h3-11H,12-13H2,1-2H3. The lowest BCUT2D eigenvalue weighted by molar-refractivity contribution is -0.127. The molecule has 1 amide bonds. The first-order chi connectivity index (χ1) is 12.6. The summed E-state index contributed by atoms with van der Waals surface area (Å²) in [5.41, 5.74) is 1.93. The van der Waals surface area contributed by atoms with Gasteiger partial charge >= 0.3 is 0 Å². The Balaban J connectivity index is 1.63. The minimum absolute atomic E-state index is 0.0427. The van der Waals surface area contributed by atoms with Crippen LogP contribution in [0.2, 0.25) is 5.02 Å². The van der Waals surface area contributed by atoms with Gasteiger partial charge in [0.2, 0.25) is 5.91 Å². The van der Waals surface area contributed by atoms with Crippen LogP contribution in [0.25, 0.3) is 11.4 Å². The zero-order chi connectivity index (χ0) is 18.5. The minimum atomic E-state index is 0.0427. The molecule has 3 rings (SSSR count). The number of benzene rings is 2. The van der Waals surface area contributed by atoms with Gasteiger partial charge in [-0.3, -0.25) is 4.79 Å². The van der Waals surface area contributed by atoms with E-state index in [0.717, 1.165) is 11.1 Å². The van der Waals surface area contributed by atoms with Crippen LogP contribution in [0.1, 0.15) is 5.56 Å². The summed E-state index contributed by atoms with van der Waals surface area (Å²) in [6.45, 7) is 0.587. The lowest BCUT2D eigenvalue weighted by atomic mass is 10.2. The molecule has 0 saturated heterocycles. The molecule has 0 saturated carbocycles. The molecule has 0 radical (unpaired) electrons. The second kappa shape index (κ2) is 8.38. The number of amides is 1. The van der Waals surface area contributed by atoms with E-state index in [0.29, 0.717) is 28.3 Å². The number of carbonyl (C=O) groups is 1. The Labute approximate surface area is 162 Å². The fourth-order valence-corrected chi connectivity index (χ4v) is 3.57. The monoisotopic (exact) mass is 386 g/mol. The van der Waals surface area contributed by atoms with Crippen molar-refractivity contribution in [3.63, 3.8) is 0 Å². The van der Waals surface area contributed by atoms with E-state index in [-0.39, 0.29) is 5.91 Å². The molecule has 0 bridgehead atoms. The molecule has 1 heterocycles. The zero-order valence-electron chi connectivity index (χ0n) is 14.6. The van der Waals surface area contributed by atoms with E-state index in [1.165, 1.54) is 11.8 Å². The van der Waals surface area contributed by atoms with Gasteiger partial charge in [-0.05, 0) is 17.7 Å². The van der Waals surface area contributed by atoms with Gasteiger partial charge in [0.15, 0.2) is 11.0 Å². The topological polar surface area (TPSA) is 51.0 Å². The second-order valence-electron chi connectivity index (χ2n) is 5.87. The average Bonchev–Trinajstić information content (AvgIpc) is 3.01. The first-order valence-electron chi connectivity index (χ1n) is 8.11. The molecular weight excluding hydrogens is 368 g/mol. The van der Waals surface area contributed by atoms with Gasteiger partial charge in [0.1, 0.15) is 0 Å². The molecule has 0 aliphatic carbocycles. The number of hydrogen-bond acceptors (Lipinski definition) is 4. The first-order valence-corrected chi connectivity index (χ1v) is 9.47. The summed E-state index contributed by atoms with van der Waals surface area (Å²) < 4.78 is 1.86. The minimum Gasteiger partial charge on any atom is -0.341 e. The quantitative estimate of drug-likeness (QED) is 0.603. The van der Waals surface area contributed by atoms with Gasteiger partial charge in [0, 0.05) is 26.2 Å². The normalized spacial score (nSPS) is 10.7. The highest BCUT2D eigenvalue weighted by Crippen LogP contribution is 2.28. The molecule has 0 atom stereocenters. The summed E-state index contributed by atoms with van der Waals surface area (Å²) >= 11 is 7.61. The van der Waals surface area contributed by atoms with Crippen molar-refractivity contribution in [1.82, 2.24) is 19.7 Å². The van der Waals surface area contributed by atoms with Crippen molar-refractivity contribution >= 4 is 29.3 Å². The lowest BCUT2D eigenvalue weighted by Gasteiger charge is -2.16. The molecule has 0 spiro atoms. The van der Waals surface area contributed by atoms with Crippen molar-refractivity contribution in [3.8, 4) is 11.4 Å². The number of rotatable bonds is 6. The van der Waals surface area contributed by atoms with Gasteiger partial charge in [-0.1, -0.05) is 65.8 Å². The number of carbonyl (C=O) groups excluding carboxylic acids is 1. The third kappa shape index (κ3) is 4.26. The molecule has 26 heavy (non-hydrogen) atoms. The van der Waals surface area contributed by atoms with Crippen molar-refractivity contribution in [2.75, 3.05) is 12.8 Å². The van der Waals surface area contributed by atoms with Gasteiger partial charge < -0.3 is 9.47 Å². The SMILES string of the molecule is CN(Cc1ccccc1)C(=O)CSc1nnc(-c2ccccc2Cl)n1C. The van der Waals surface area contributed by atoms with E-state index in [4.69, 9.17) is 11.6 Å². The van der Waals surface area contributed by atoms with Gasteiger partial charge in [0.05, 0.1) is 10.8 Å². The molecule has 5 nitrogen and oxygen atoms in total. The van der Waals surface area contributed by atoms with Crippen molar-refractivity contribution in [2.45, 2.75) is 11.7 Å². The highest BCUT2D eigenvalue weighted by atomic mass is 35.5. The van der Waals surface area contributed by atoms with Crippen molar-refractivity contribution < 1.29 is 4.79 Å². The molecule has 134 valence electrons. The van der Waals surface area contributed by atoms with Crippen LogP contribution in [0.5, 0.6) is 0 Å². The van der Waals surface area contributed by atoms with Crippen LogP contribution in [-0.4, -0.2) is 38.4 Å². The Kier molecular flexibility index (Phi) is 5.96. The summed E-state index contributed by atoms with van der Waals surface area (Å²) in [5, 5.41) is 9.72. The molecule has 3 aromatic rings. The van der Waals surface area contributed by atoms with Crippen molar-refractivity contribution in [1.29, 1.82) is 0 Å². The third-order valence-electron chi connectivity index (χ3n) is 3.96. The van der Waals surface area contributed by atoms with Gasteiger partial charge in [-0.2, -0.15) is 0 Å². The first kappa shape index (κ1) is 18.5. The molecular formula is C19H19ClN4OS. The number of nitrogens with zero attached hydrogens (tertiary/aromatic N) is 4. The van der Waals surface area contributed by atoms with Crippen LogP contribution in [0, 0.1) is 0 Å². The predicted molar refractivity (Wildman–Crippen MR) is 105 cm³/mol. The van der Waals surface area contributed by atoms with E-state index in [2.05, 4.69) is 10.2 Å². The van der Waals surface area contributed by atoms with Gasteiger partial charge in [-0.15, -0.1) is 10.2 Å². The van der Waals surface area contributed by atoms with E-state index in [9.17, 15) is 4.79 Å². The van der Waals surface area contributed by atoms with Crippen LogP contribution < -0.4 is 0 Å². The maximum atomic E-state index is 12.4. The molecule has 0 N–H and O–H groups in total. The van der Waals surface area contributed by atoms with Crippen molar-refractivity contribution in [2.24, 2.45) is 7.05 Å². The number of halogens is 1. The molecule has 0 unspecified atom stereocenters. The maximum Gasteiger partial charge on any atom is 0.233 e.